The zero-order valence-electron chi connectivity index (χ0n) is 7.47. The largest absolute Gasteiger partial charge is 0.294 e. The second-order valence-corrected chi connectivity index (χ2v) is 3.96. The molecule has 1 nitrogen and oxygen atoms in total. The van der Waals surface area contributed by atoms with Crippen LogP contribution < -0.4 is 0 Å². The summed E-state index contributed by atoms with van der Waals surface area (Å²) in [6.45, 7) is 4.74. The molecule has 1 aliphatic heterocycles. The molecule has 0 atom stereocenters. The smallest absolute Gasteiger partial charge is 0.0441 e. The fourth-order valence-corrected chi connectivity index (χ4v) is 1.98. The standard InChI is InChI=1S/C9H17NS/c1-9-4-3-6-10(7-5-9)8-11-2/h4H,3,5-8H2,1-2H3. The zero-order chi connectivity index (χ0) is 8.10. The van der Waals surface area contributed by atoms with Crippen molar-refractivity contribution in [3.8, 4) is 0 Å². The van der Waals surface area contributed by atoms with Gasteiger partial charge in [-0.3, -0.25) is 4.90 Å². The molecular weight excluding hydrogens is 154 g/mol. The Bertz CT molecular complexity index is 142. The lowest BCUT2D eigenvalue weighted by atomic mass is 10.2. The molecular formula is C9H17NS. The van der Waals surface area contributed by atoms with Gasteiger partial charge in [0.05, 0.1) is 0 Å². The van der Waals surface area contributed by atoms with Gasteiger partial charge in [0, 0.05) is 19.0 Å². The summed E-state index contributed by atoms with van der Waals surface area (Å²) in [5.41, 5.74) is 1.56. The summed E-state index contributed by atoms with van der Waals surface area (Å²) in [7, 11) is 0. The minimum atomic E-state index is 1.20. The van der Waals surface area contributed by atoms with Gasteiger partial charge in [-0.2, -0.15) is 0 Å². The van der Waals surface area contributed by atoms with Crippen molar-refractivity contribution in [3.05, 3.63) is 11.6 Å². The van der Waals surface area contributed by atoms with Crippen molar-refractivity contribution in [2.45, 2.75) is 19.8 Å². The average Bonchev–Trinajstić information content (AvgIpc) is 2.17. The van der Waals surface area contributed by atoms with Crippen LogP contribution in [0.3, 0.4) is 0 Å². The second kappa shape index (κ2) is 4.83. The molecule has 0 amide bonds. The van der Waals surface area contributed by atoms with Crippen molar-refractivity contribution >= 4 is 11.8 Å². The summed E-state index contributed by atoms with van der Waals surface area (Å²) in [6.07, 6.45) is 7.05. The maximum absolute atomic E-state index is 2.53. The first-order chi connectivity index (χ1) is 5.33. The molecule has 0 saturated carbocycles. The normalized spacial score (nSPS) is 21.1. The molecule has 11 heavy (non-hydrogen) atoms. The van der Waals surface area contributed by atoms with Gasteiger partial charge >= 0.3 is 0 Å². The Morgan fingerprint density at radius 3 is 3.09 bits per heavy atom. The van der Waals surface area contributed by atoms with Crippen molar-refractivity contribution in [1.29, 1.82) is 0 Å². The van der Waals surface area contributed by atoms with Crippen LogP contribution in [-0.2, 0) is 0 Å². The van der Waals surface area contributed by atoms with E-state index in [1.807, 2.05) is 11.8 Å². The molecule has 0 aromatic carbocycles. The van der Waals surface area contributed by atoms with Gasteiger partial charge in [-0.25, -0.2) is 0 Å². The SMILES string of the molecule is CSCN1CCC=C(C)CC1. The Hall–Kier alpha value is 0.0500. The highest BCUT2D eigenvalue weighted by Crippen LogP contribution is 2.11. The topological polar surface area (TPSA) is 3.24 Å². The molecule has 64 valence electrons. The molecule has 0 aromatic heterocycles. The van der Waals surface area contributed by atoms with Crippen molar-refractivity contribution in [3.63, 3.8) is 0 Å². The Morgan fingerprint density at radius 1 is 1.55 bits per heavy atom. The van der Waals surface area contributed by atoms with Crippen LogP contribution in [-0.4, -0.2) is 30.1 Å². The van der Waals surface area contributed by atoms with Gasteiger partial charge in [0.15, 0.2) is 0 Å². The first-order valence-electron chi connectivity index (χ1n) is 4.20. The van der Waals surface area contributed by atoms with E-state index in [1.54, 1.807) is 5.57 Å². The molecule has 1 aliphatic rings. The zero-order valence-corrected chi connectivity index (χ0v) is 8.28. The van der Waals surface area contributed by atoms with Crippen LogP contribution in [0, 0.1) is 0 Å². The summed E-state index contributed by atoms with van der Waals surface area (Å²) in [5, 5.41) is 0. The first kappa shape index (κ1) is 9.14. The molecule has 0 aliphatic carbocycles. The van der Waals surface area contributed by atoms with Gasteiger partial charge in [-0.1, -0.05) is 11.6 Å². The van der Waals surface area contributed by atoms with E-state index in [1.165, 1.54) is 31.8 Å². The predicted octanol–water partition coefficient (Wildman–Crippen LogP) is 2.35. The fraction of sp³-hybridized carbons (Fsp3) is 0.778. The molecule has 1 rings (SSSR count). The van der Waals surface area contributed by atoms with E-state index in [-0.39, 0.29) is 0 Å². The van der Waals surface area contributed by atoms with Crippen molar-refractivity contribution < 1.29 is 0 Å². The van der Waals surface area contributed by atoms with Gasteiger partial charge in [-0.15, -0.1) is 11.8 Å². The molecule has 0 N–H and O–H groups in total. The third-order valence-corrected chi connectivity index (χ3v) is 2.70. The molecule has 0 bridgehead atoms. The lowest BCUT2D eigenvalue weighted by Gasteiger charge is -2.17. The molecule has 0 radical (unpaired) electrons. The molecule has 2 heteroatoms. The van der Waals surface area contributed by atoms with Crippen LogP contribution in [0.5, 0.6) is 0 Å². The van der Waals surface area contributed by atoms with Crippen LogP contribution in [0.2, 0.25) is 0 Å². The van der Waals surface area contributed by atoms with Crippen molar-refractivity contribution in [2.75, 3.05) is 25.2 Å². The van der Waals surface area contributed by atoms with Gasteiger partial charge < -0.3 is 0 Å². The Kier molecular flexibility index (Phi) is 4.02. The summed E-state index contributed by atoms with van der Waals surface area (Å²) in [6, 6.07) is 0. The number of nitrogens with zero attached hydrogens (tertiary/aromatic N) is 1. The molecule has 0 spiro atoms. The van der Waals surface area contributed by atoms with Crippen LogP contribution in [0.4, 0.5) is 0 Å². The maximum atomic E-state index is 2.53. The van der Waals surface area contributed by atoms with E-state index >= 15 is 0 Å². The van der Waals surface area contributed by atoms with Crippen LogP contribution in [0.15, 0.2) is 11.6 Å². The third kappa shape index (κ3) is 3.30. The monoisotopic (exact) mass is 171 g/mol. The fourth-order valence-electron chi connectivity index (χ4n) is 1.35. The van der Waals surface area contributed by atoms with Crippen molar-refractivity contribution in [2.24, 2.45) is 0 Å². The van der Waals surface area contributed by atoms with E-state index in [0.29, 0.717) is 0 Å². The number of hydrogen-bond donors (Lipinski definition) is 0. The highest BCUT2D eigenvalue weighted by Gasteiger charge is 2.06. The van der Waals surface area contributed by atoms with E-state index in [9.17, 15) is 0 Å². The lowest BCUT2D eigenvalue weighted by molar-refractivity contribution is 0.339. The Labute approximate surface area is 73.8 Å². The summed E-state index contributed by atoms with van der Waals surface area (Å²) in [4.78, 5) is 2.53. The van der Waals surface area contributed by atoms with Gasteiger partial charge in [-0.05, 0) is 26.0 Å². The maximum Gasteiger partial charge on any atom is 0.0441 e. The Balaban J connectivity index is 2.29. The first-order valence-corrected chi connectivity index (χ1v) is 5.59. The van der Waals surface area contributed by atoms with E-state index in [2.05, 4.69) is 24.2 Å². The predicted molar refractivity (Wildman–Crippen MR) is 52.9 cm³/mol. The molecule has 1 heterocycles. The molecule has 0 unspecified atom stereocenters. The highest BCUT2D eigenvalue weighted by molar-refractivity contribution is 7.98. The quantitative estimate of drug-likeness (QED) is 0.587. The van der Waals surface area contributed by atoms with Crippen LogP contribution in [0.25, 0.3) is 0 Å². The van der Waals surface area contributed by atoms with E-state index < -0.39 is 0 Å². The summed E-state index contributed by atoms with van der Waals surface area (Å²) in [5.74, 6) is 1.20. The number of hydrogen-bond acceptors (Lipinski definition) is 2. The molecule has 0 saturated heterocycles. The van der Waals surface area contributed by atoms with Gasteiger partial charge in [0.25, 0.3) is 0 Å². The van der Waals surface area contributed by atoms with Crippen molar-refractivity contribution in [1.82, 2.24) is 4.90 Å². The third-order valence-electron chi connectivity index (χ3n) is 2.07. The Morgan fingerprint density at radius 2 is 2.36 bits per heavy atom. The average molecular weight is 171 g/mol. The number of rotatable bonds is 2. The van der Waals surface area contributed by atoms with E-state index in [0.717, 1.165) is 0 Å². The minimum Gasteiger partial charge on any atom is -0.294 e. The molecule has 0 aromatic rings. The molecule has 0 fully saturated rings. The highest BCUT2D eigenvalue weighted by atomic mass is 32.2. The second-order valence-electron chi connectivity index (χ2n) is 3.12. The van der Waals surface area contributed by atoms with E-state index in [4.69, 9.17) is 0 Å². The van der Waals surface area contributed by atoms with Gasteiger partial charge in [0.2, 0.25) is 0 Å². The number of thioether (sulfide) groups is 1. The van der Waals surface area contributed by atoms with Crippen LogP contribution >= 0.6 is 11.8 Å². The summed E-state index contributed by atoms with van der Waals surface area (Å²) < 4.78 is 0. The minimum absolute atomic E-state index is 1.20. The lowest BCUT2D eigenvalue weighted by Crippen LogP contribution is -2.24. The van der Waals surface area contributed by atoms with Gasteiger partial charge in [0.1, 0.15) is 0 Å². The van der Waals surface area contributed by atoms with Crippen LogP contribution in [0.1, 0.15) is 19.8 Å². The summed E-state index contributed by atoms with van der Waals surface area (Å²) >= 11 is 1.92.